The Bertz CT molecular complexity index is 676. The molecule has 6 nitrogen and oxygen atoms in total. The number of amides is 1. The van der Waals surface area contributed by atoms with E-state index in [4.69, 9.17) is 11.0 Å². The minimum atomic E-state index is -0.123. The minimum absolute atomic E-state index is 0.123. The standard InChI is InChI=1S/C14H17N5OS/c1-2-19(7-3-6-15)9-13(20)18-14-17-11-5-4-10(16)8-12(11)21-14/h4-5,8H,2-3,7,9,16H2,1H3,(H,17,18,20). The molecule has 0 spiro atoms. The minimum Gasteiger partial charge on any atom is -0.399 e. The second-order valence-corrected chi connectivity index (χ2v) is 5.60. The maximum absolute atomic E-state index is 12.0. The van der Waals surface area contributed by atoms with Gasteiger partial charge in [-0.1, -0.05) is 18.3 Å². The van der Waals surface area contributed by atoms with Gasteiger partial charge in [-0.25, -0.2) is 4.98 Å². The number of hydrogen-bond donors (Lipinski definition) is 2. The van der Waals surface area contributed by atoms with Gasteiger partial charge in [-0.05, 0) is 24.7 Å². The first-order chi connectivity index (χ1) is 10.1. The van der Waals surface area contributed by atoms with Crippen molar-refractivity contribution < 1.29 is 4.79 Å². The molecule has 0 radical (unpaired) electrons. The average Bonchev–Trinajstić information content (AvgIpc) is 2.84. The molecule has 0 saturated heterocycles. The monoisotopic (exact) mass is 303 g/mol. The fourth-order valence-corrected chi connectivity index (χ4v) is 2.84. The van der Waals surface area contributed by atoms with E-state index in [-0.39, 0.29) is 12.5 Å². The Morgan fingerprint density at radius 1 is 1.57 bits per heavy atom. The molecule has 0 aliphatic heterocycles. The van der Waals surface area contributed by atoms with E-state index in [2.05, 4.69) is 16.4 Å². The van der Waals surface area contributed by atoms with Crippen LogP contribution in [0.5, 0.6) is 0 Å². The summed E-state index contributed by atoms with van der Waals surface area (Å²) in [6.07, 6.45) is 0.418. The Balaban J connectivity index is 1.99. The molecule has 1 aromatic carbocycles. The molecular formula is C14H17N5OS. The summed E-state index contributed by atoms with van der Waals surface area (Å²) in [5, 5.41) is 11.9. The predicted molar refractivity (Wildman–Crippen MR) is 85.0 cm³/mol. The van der Waals surface area contributed by atoms with Gasteiger partial charge in [0.15, 0.2) is 5.13 Å². The number of hydrogen-bond acceptors (Lipinski definition) is 6. The number of nitriles is 1. The van der Waals surface area contributed by atoms with Crippen LogP contribution >= 0.6 is 11.3 Å². The molecule has 2 aromatic rings. The first-order valence-corrected chi connectivity index (χ1v) is 7.49. The molecule has 1 heterocycles. The Morgan fingerprint density at radius 2 is 2.38 bits per heavy atom. The molecule has 21 heavy (non-hydrogen) atoms. The van der Waals surface area contributed by atoms with E-state index in [9.17, 15) is 4.79 Å². The summed E-state index contributed by atoms with van der Waals surface area (Å²) in [5.41, 5.74) is 7.22. The van der Waals surface area contributed by atoms with Crippen LogP contribution in [0.25, 0.3) is 10.2 Å². The van der Waals surface area contributed by atoms with Gasteiger partial charge in [0.25, 0.3) is 0 Å². The van der Waals surface area contributed by atoms with Crippen molar-refractivity contribution in [3.8, 4) is 6.07 Å². The lowest BCUT2D eigenvalue weighted by atomic mass is 10.3. The van der Waals surface area contributed by atoms with Gasteiger partial charge in [0.1, 0.15) is 0 Å². The molecule has 0 bridgehead atoms. The summed E-state index contributed by atoms with van der Waals surface area (Å²) in [4.78, 5) is 18.3. The molecule has 7 heteroatoms. The second-order valence-electron chi connectivity index (χ2n) is 4.57. The fraction of sp³-hybridized carbons (Fsp3) is 0.357. The van der Waals surface area contributed by atoms with E-state index in [0.29, 0.717) is 23.8 Å². The number of fused-ring (bicyclic) bond motifs is 1. The summed E-state index contributed by atoms with van der Waals surface area (Å²) in [6.45, 7) is 3.55. The van der Waals surface area contributed by atoms with Crippen LogP contribution in [0.1, 0.15) is 13.3 Å². The molecular weight excluding hydrogens is 286 g/mol. The molecule has 0 aliphatic rings. The van der Waals surface area contributed by atoms with E-state index >= 15 is 0 Å². The molecule has 110 valence electrons. The third kappa shape index (κ3) is 4.15. The number of thiazole rings is 1. The molecule has 3 N–H and O–H groups in total. The van der Waals surface area contributed by atoms with E-state index < -0.39 is 0 Å². The maximum atomic E-state index is 12.0. The summed E-state index contributed by atoms with van der Waals surface area (Å²) in [5.74, 6) is -0.123. The number of rotatable bonds is 6. The smallest absolute Gasteiger partial charge is 0.240 e. The summed E-state index contributed by atoms with van der Waals surface area (Å²) in [6, 6.07) is 7.55. The van der Waals surface area contributed by atoms with Gasteiger partial charge in [0.05, 0.1) is 22.8 Å². The van der Waals surface area contributed by atoms with E-state index in [0.717, 1.165) is 16.8 Å². The summed E-state index contributed by atoms with van der Waals surface area (Å²) >= 11 is 1.40. The van der Waals surface area contributed by atoms with Gasteiger partial charge in [0.2, 0.25) is 5.91 Å². The quantitative estimate of drug-likeness (QED) is 0.796. The predicted octanol–water partition coefficient (Wildman–Crippen LogP) is 2.05. The molecule has 0 unspecified atom stereocenters. The van der Waals surface area contributed by atoms with Crippen LogP contribution in [0, 0.1) is 11.3 Å². The molecule has 1 amide bonds. The van der Waals surface area contributed by atoms with Crippen molar-refractivity contribution in [1.29, 1.82) is 5.26 Å². The van der Waals surface area contributed by atoms with Gasteiger partial charge in [0, 0.05) is 18.7 Å². The Hall–Kier alpha value is -2.17. The van der Waals surface area contributed by atoms with Gasteiger partial charge >= 0.3 is 0 Å². The van der Waals surface area contributed by atoms with Crippen molar-refractivity contribution >= 4 is 38.3 Å². The summed E-state index contributed by atoms with van der Waals surface area (Å²) < 4.78 is 0.946. The third-order valence-electron chi connectivity index (χ3n) is 3.01. The zero-order valence-corrected chi connectivity index (χ0v) is 12.6. The lowest BCUT2D eigenvalue weighted by Gasteiger charge is -2.17. The lowest BCUT2D eigenvalue weighted by Crippen LogP contribution is -2.33. The highest BCUT2D eigenvalue weighted by Crippen LogP contribution is 2.27. The number of nitrogens with zero attached hydrogens (tertiary/aromatic N) is 3. The van der Waals surface area contributed by atoms with Crippen LogP contribution in [0.3, 0.4) is 0 Å². The van der Waals surface area contributed by atoms with Crippen LogP contribution < -0.4 is 11.1 Å². The zero-order chi connectivity index (χ0) is 15.2. The molecule has 1 aromatic heterocycles. The fourth-order valence-electron chi connectivity index (χ4n) is 1.91. The molecule has 0 aliphatic carbocycles. The Morgan fingerprint density at radius 3 is 3.10 bits per heavy atom. The van der Waals surface area contributed by atoms with Crippen molar-refractivity contribution in [1.82, 2.24) is 9.88 Å². The van der Waals surface area contributed by atoms with Gasteiger partial charge < -0.3 is 11.1 Å². The topological polar surface area (TPSA) is 95.0 Å². The molecule has 0 fully saturated rings. The normalized spacial score (nSPS) is 10.7. The second kappa shape index (κ2) is 7.02. The van der Waals surface area contributed by atoms with Crippen LogP contribution in [0.15, 0.2) is 18.2 Å². The van der Waals surface area contributed by atoms with Gasteiger partial charge in [-0.15, -0.1) is 0 Å². The number of nitrogen functional groups attached to an aromatic ring is 1. The van der Waals surface area contributed by atoms with Crippen molar-refractivity contribution in [2.75, 3.05) is 30.7 Å². The summed E-state index contributed by atoms with van der Waals surface area (Å²) in [7, 11) is 0. The number of anilines is 2. The molecule has 0 atom stereocenters. The van der Waals surface area contributed by atoms with Gasteiger partial charge in [-0.3, -0.25) is 9.69 Å². The number of carbonyl (C=O) groups excluding carboxylic acids is 1. The molecule has 0 saturated carbocycles. The van der Waals surface area contributed by atoms with E-state index in [1.165, 1.54) is 11.3 Å². The number of carbonyl (C=O) groups is 1. The van der Waals surface area contributed by atoms with Crippen molar-refractivity contribution in [2.45, 2.75) is 13.3 Å². The first kappa shape index (κ1) is 15.2. The number of nitrogens with two attached hydrogens (primary N) is 1. The number of benzene rings is 1. The van der Waals surface area contributed by atoms with Gasteiger partial charge in [-0.2, -0.15) is 5.26 Å². The lowest BCUT2D eigenvalue weighted by molar-refractivity contribution is -0.117. The van der Waals surface area contributed by atoms with Crippen molar-refractivity contribution in [3.05, 3.63) is 18.2 Å². The highest BCUT2D eigenvalue weighted by atomic mass is 32.1. The Labute approximate surface area is 127 Å². The zero-order valence-electron chi connectivity index (χ0n) is 11.8. The van der Waals surface area contributed by atoms with Crippen molar-refractivity contribution in [2.24, 2.45) is 0 Å². The highest BCUT2D eigenvalue weighted by molar-refractivity contribution is 7.22. The average molecular weight is 303 g/mol. The number of nitrogens with one attached hydrogen (secondary N) is 1. The largest absolute Gasteiger partial charge is 0.399 e. The van der Waals surface area contributed by atoms with E-state index in [1.54, 1.807) is 6.07 Å². The third-order valence-corrected chi connectivity index (χ3v) is 3.95. The van der Waals surface area contributed by atoms with Crippen LogP contribution in [-0.4, -0.2) is 35.4 Å². The van der Waals surface area contributed by atoms with Crippen molar-refractivity contribution in [3.63, 3.8) is 0 Å². The van der Waals surface area contributed by atoms with Crippen LogP contribution in [-0.2, 0) is 4.79 Å². The Kier molecular flexibility index (Phi) is 5.09. The van der Waals surface area contributed by atoms with E-state index in [1.807, 2.05) is 24.0 Å². The first-order valence-electron chi connectivity index (χ1n) is 6.67. The number of aromatic nitrogens is 1. The van der Waals surface area contributed by atoms with Crippen LogP contribution in [0.2, 0.25) is 0 Å². The van der Waals surface area contributed by atoms with Crippen LogP contribution in [0.4, 0.5) is 10.8 Å². The highest BCUT2D eigenvalue weighted by Gasteiger charge is 2.11. The number of likely N-dealkylation sites (N-methyl/N-ethyl adjacent to an activating group) is 1. The SMILES string of the molecule is CCN(CCC#N)CC(=O)Nc1nc2ccc(N)cc2s1. The maximum Gasteiger partial charge on any atom is 0.240 e. The molecule has 2 rings (SSSR count).